The van der Waals surface area contributed by atoms with E-state index < -0.39 is 0 Å². The fourth-order valence-corrected chi connectivity index (χ4v) is 1.79. The minimum absolute atomic E-state index is 0.159. The van der Waals surface area contributed by atoms with Crippen LogP contribution in [-0.4, -0.2) is 53.7 Å². The molecule has 0 aliphatic carbocycles. The minimum Gasteiger partial charge on any atom is -0.339 e. The highest BCUT2D eigenvalue weighted by Gasteiger charge is 2.20. The molecule has 0 spiro atoms. The summed E-state index contributed by atoms with van der Waals surface area (Å²) < 4.78 is 0. The first-order valence-corrected chi connectivity index (χ1v) is 5.41. The summed E-state index contributed by atoms with van der Waals surface area (Å²) in [6, 6.07) is 0.591. The van der Waals surface area contributed by atoms with Gasteiger partial charge in [0.25, 0.3) is 0 Å². The SMILES string of the molecule is CC(C)N1CCN(C(=O)CS)CC1. The quantitative estimate of drug-likeness (QED) is 0.658. The molecule has 1 aliphatic rings. The van der Waals surface area contributed by atoms with Crippen LogP contribution in [0, 0.1) is 0 Å². The van der Waals surface area contributed by atoms with Crippen LogP contribution in [0.2, 0.25) is 0 Å². The molecule has 1 heterocycles. The maximum absolute atomic E-state index is 11.3. The fourth-order valence-electron chi connectivity index (χ4n) is 1.59. The Morgan fingerprint density at radius 1 is 1.31 bits per heavy atom. The molecule has 1 aliphatic heterocycles. The summed E-state index contributed by atoms with van der Waals surface area (Å²) in [5, 5.41) is 0. The van der Waals surface area contributed by atoms with Gasteiger partial charge in [-0.2, -0.15) is 12.6 Å². The maximum atomic E-state index is 11.3. The molecule has 0 aromatic carbocycles. The highest BCUT2D eigenvalue weighted by molar-refractivity contribution is 7.81. The van der Waals surface area contributed by atoms with E-state index in [-0.39, 0.29) is 5.91 Å². The maximum Gasteiger partial charge on any atom is 0.232 e. The van der Waals surface area contributed by atoms with Crippen LogP contribution < -0.4 is 0 Å². The molecule has 1 fully saturated rings. The van der Waals surface area contributed by atoms with Crippen molar-refractivity contribution in [2.75, 3.05) is 31.9 Å². The van der Waals surface area contributed by atoms with E-state index in [1.54, 1.807) is 0 Å². The van der Waals surface area contributed by atoms with E-state index in [0.29, 0.717) is 11.8 Å². The van der Waals surface area contributed by atoms with Crippen LogP contribution >= 0.6 is 12.6 Å². The Balaban J connectivity index is 2.34. The number of hydrogen-bond donors (Lipinski definition) is 1. The van der Waals surface area contributed by atoms with Gasteiger partial charge in [0.05, 0.1) is 5.75 Å². The highest BCUT2D eigenvalue weighted by atomic mass is 32.1. The predicted octanol–water partition coefficient (Wildman–Crippen LogP) is 0.469. The Morgan fingerprint density at radius 3 is 2.23 bits per heavy atom. The molecule has 13 heavy (non-hydrogen) atoms. The van der Waals surface area contributed by atoms with E-state index >= 15 is 0 Å². The Labute approximate surface area is 85.5 Å². The van der Waals surface area contributed by atoms with Gasteiger partial charge in [0, 0.05) is 32.2 Å². The molecule has 0 bridgehead atoms. The Morgan fingerprint density at radius 2 is 1.85 bits per heavy atom. The minimum atomic E-state index is 0.159. The second-order valence-electron chi connectivity index (χ2n) is 3.67. The number of nitrogens with zero attached hydrogens (tertiary/aromatic N) is 2. The smallest absolute Gasteiger partial charge is 0.232 e. The van der Waals surface area contributed by atoms with Gasteiger partial charge in [0.2, 0.25) is 5.91 Å². The molecule has 4 heteroatoms. The Bertz CT molecular complexity index is 176. The first-order valence-electron chi connectivity index (χ1n) is 4.78. The number of rotatable bonds is 2. The third-order valence-electron chi connectivity index (χ3n) is 2.53. The second-order valence-corrected chi connectivity index (χ2v) is 3.98. The first kappa shape index (κ1) is 10.9. The van der Waals surface area contributed by atoms with Gasteiger partial charge in [-0.1, -0.05) is 0 Å². The van der Waals surface area contributed by atoms with Crippen LogP contribution in [0.25, 0.3) is 0 Å². The van der Waals surface area contributed by atoms with Crippen LogP contribution in [0.15, 0.2) is 0 Å². The zero-order valence-electron chi connectivity index (χ0n) is 8.36. The predicted molar refractivity (Wildman–Crippen MR) is 57.1 cm³/mol. The van der Waals surface area contributed by atoms with E-state index in [1.807, 2.05) is 4.90 Å². The van der Waals surface area contributed by atoms with Crippen molar-refractivity contribution in [3.05, 3.63) is 0 Å². The number of piperazine rings is 1. The van der Waals surface area contributed by atoms with Crippen molar-refractivity contribution in [2.24, 2.45) is 0 Å². The average Bonchev–Trinajstić information content (AvgIpc) is 2.17. The van der Waals surface area contributed by atoms with Crippen LogP contribution in [-0.2, 0) is 4.79 Å². The molecule has 0 aromatic heterocycles. The first-order chi connectivity index (χ1) is 6.15. The van der Waals surface area contributed by atoms with E-state index in [1.165, 1.54) is 0 Å². The summed E-state index contributed by atoms with van der Waals surface area (Å²) in [4.78, 5) is 15.6. The highest BCUT2D eigenvalue weighted by Crippen LogP contribution is 2.06. The van der Waals surface area contributed by atoms with Crippen molar-refractivity contribution in [3.8, 4) is 0 Å². The van der Waals surface area contributed by atoms with Gasteiger partial charge in [-0.05, 0) is 13.8 Å². The molecule has 0 unspecified atom stereocenters. The Kier molecular flexibility index (Phi) is 4.06. The summed E-state index contributed by atoms with van der Waals surface area (Å²) in [5.74, 6) is 0.494. The molecule has 0 N–H and O–H groups in total. The summed E-state index contributed by atoms with van der Waals surface area (Å²) in [6.45, 7) is 8.09. The van der Waals surface area contributed by atoms with Crippen LogP contribution in [0.4, 0.5) is 0 Å². The van der Waals surface area contributed by atoms with Gasteiger partial charge in [0.1, 0.15) is 0 Å². The number of carbonyl (C=O) groups is 1. The van der Waals surface area contributed by atoms with Gasteiger partial charge in [-0.15, -0.1) is 0 Å². The van der Waals surface area contributed by atoms with Crippen molar-refractivity contribution < 1.29 is 4.79 Å². The molecule has 0 atom stereocenters. The van der Waals surface area contributed by atoms with Crippen LogP contribution in [0.3, 0.4) is 0 Å². The van der Waals surface area contributed by atoms with Gasteiger partial charge in [0.15, 0.2) is 0 Å². The molecular weight excluding hydrogens is 184 g/mol. The second kappa shape index (κ2) is 4.86. The van der Waals surface area contributed by atoms with Crippen LogP contribution in [0.1, 0.15) is 13.8 Å². The average molecular weight is 202 g/mol. The third kappa shape index (κ3) is 2.88. The van der Waals surface area contributed by atoms with E-state index in [4.69, 9.17) is 0 Å². The van der Waals surface area contributed by atoms with Crippen LogP contribution in [0.5, 0.6) is 0 Å². The monoisotopic (exact) mass is 202 g/mol. The zero-order valence-corrected chi connectivity index (χ0v) is 9.26. The molecule has 0 aromatic rings. The molecule has 1 rings (SSSR count). The van der Waals surface area contributed by atoms with Crippen molar-refractivity contribution in [3.63, 3.8) is 0 Å². The number of amides is 1. The molecule has 1 amide bonds. The fraction of sp³-hybridized carbons (Fsp3) is 0.889. The number of thiol groups is 1. The zero-order chi connectivity index (χ0) is 9.84. The van der Waals surface area contributed by atoms with Crippen molar-refractivity contribution in [2.45, 2.75) is 19.9 Å². The molecular formula is C9H18N2OS. The summed E-state index contributed by atoms with van der Waals surface area (Å²) >= 11 is 3.98. The van der Waals surface area contributed by atoms with E-state index in [2.05, 4.69) is 31.4 Å². The topological polar surface area (TPSA) is 23.6 Å². The summed E-state index contributed by atoms with van der Waals surface area (Å²) in [6.07, 6.45) is 0. The lowest BCUT2D eigenvalue weighted by atomic mass is 10.2. The van der Waals surface area contributed by atoms with E-state index in [0.717, 1.165) is 26.2 Å². The standard InChI is InChI=1S/C9H18N2OS/c1-8(2)10-3-5-11(6-4-10)9(12)7-13/h8,13H,3-7H2,1-2H3. The molecule has 0 saturated carbocycles. The lowest BCUT2D eigenvalue weighted by molar-refractivity contribution is -0.130. The largest absolute Gasteiger partial charge is 0.339 e. The number of carbonyl (C=O) groups excluding carboxylic acids is 1. The van der Waals surface area contributed by atoms with Crippen molar-refractivity contribution in [1.82, 2.24) is 9.80 Å². The molecule has 76 valence electrons. The third-order valence-corrected chi connectivity index (χ3v) is 2.80. The molecule has 3 nitrogen and oxygen atoms in total. The van der Waals surface area contributed by atoms with Gasteiger partial charge >= 0.3 is 0 Å². The number of hydrogen-bond acceptors (Lipinski definition) is 3. The lowest BCUT2D eigenvalue weighted by Gasteiger charge is -2.36. The molecule has 0 radical (unpaired) electrons. The van der Waals surface area contributed by atoms with Gasteiger partial charge in [-0.3, -0.25) is 9.69 Å². The summed E-state index contributed by atoms with van der Waals surface area (Å²) in [7, 11) is 0. The van der Waals surface area contributed by atoms with Crippen molar-refractivity contribution >= 4 is 18.5 Å². The summed E-state index contributed by atoms with van der Waals surface area (Å²) in [5.41, 5.74) is 0. The lowest BCUT2D eigenvalue weighted by Crippen LogP contribution is -2.51. The normalized spacial score (nSPS) is 19.5. The van der Waals surface area contributed by atoms with E-state index in [9.17, 15) is 4.79 Å². The van der Waals surface area contributed by atoms with Gasteiger partial charge < -0.3 is 4.90 Å². The van der Waals surface area contributed by atoms with Gasteiger partial charge in [-0.25, -0.2) is 0 Å². The van der Waals surface area contributed by atoms with Crippen molar-refractivity contribution in [1.29, 1.82) is 0 Å². The Hall–Kier alpha value is -0.220. The molecule has 1 saturated heterocycles.